The highest BCUT2D eigenvalue weighted by atomic mass is 35.5. The average Bonchev–Trinajstić information content (AvgIpc) is 2.39. The highest BCUT2D eigenvalue weighted by molar-refractivity contribution is 5.85. The molecule has 1 aromatic carbocycles. The van der Waals surface area contributed by atoms with Crippen molar-refractivity contribution in [3.63, 3.8) is 0 Å². The summed E-state index contributed by atoms with van der Waals surface area (Å²) in [5.74, 6) is -0.0690. The quantitative estimate of drug-likeness (QED) is 0.636. The summed E-state index contributed by atoms with van der Waals surface area (Å²) in [5, 5.41) is 2.96. The smallest absolute Gasteiger partial charge is 0.237 e. The molecule has 4 nitrogen and oxygen atoms in total. The van der Waals surface area contributed by atoms with Crippen molar-refractivity contribution in [2.45, 2.75) is 44.7 Å². The Morgan fingerprint density at radius 1 is 1.19 bits per heavy atom. The van der Waals surface area contributed by atoms with Crippen LogP contribution in [0.3, 0.4) is 0 Å². The van der Waals surface area contributed by atoms with Gasteiger partial charge in [-0.3, -0.25) is 4.79 Å². The number of rotatable bonds is 8. The molecular formula is C15H27Cl2N3O. The van der Waals surface area contributed by atoms with Crippen molar-refractivity contribution in [2.24, 2.45) is 11.5 Å². The number of nitrogens with one attached hydrogen (secondary N) is 1. The minimum Gasteiger partial charge on any atom is -0.352 e. The SMILES string of the molecule is CC(Cc1ccccc1)NC(=O)C(N)CCCCN.Cl.Cl. The van der Waals surface area contributed by atoms with Gasteiger partial charge in [-0.15, -0.1) is 24.8 Å². The van der Waals surface area contributed by atoms with Crippen LogP contribution < -0.4 is 16.8 Å². The number of nitrogens with two attached hydrogens (primary N) is 2. The summed E-state index contributed by atoms with van der Waals surface area (Å²) in [7, 11) is 0. The summed E-state index contributed by atoms with van der Waals surface area (Å²) in [5.41, 5.74) is 12.5. The Hall–Kier alpha value is -0.810. The van der Waals surface area contributed by atoms with Crippen LogP contribution in [0.2, 0.25) is 0 Å². The Bertz CT molecular complexity index is 376. The van der Waals surface area contributed by atoms with Gasteiger partial charge in [0, 0.05) is 6.04 Å². The van der Waals surface area contributed by atoms with Crippen LogP contribution in [0.5, 0.6) is 0 Å². The molecule has 1 rings (SSSR count). The van der Waals surface area contributed by atoms with E-state index in [1.165, 1.54) is 5.56 Å². The van der Waals surface area contributed by atoms with Crippen molar-refractivity contribution in [3.05, 3.63) is 35.9 Å². The molecule has 122 valence electrons. The lowest BCUT2D eigenvalue weighted by Gasteiger charge is -2.17. The zero-order chi connectivity index (χ0) is 14.1. The van der Waals surface area contributed by atoms with Gasteiger partial charge in [0.2, 0.25) is 5.91 Å². The second kappa shape index (κ2) is 12.9. The number of halogens is 2. The van der Waals surface area contributed by atoms with E-state index in [-0.39, 0.29) is 36.8 Å². The molecule has 0 saturated heterocycles. The van der Waals surface area contributed by atoms with Crippen molar-refractivity contribution in [2.75, 3.05) is 6.54 Å². The standard InChI is InChI=1S/C15H25N3O.2ClH/c1-12(11-13-7-3-2-4-8-13)18-15(19)14(17)9-5-6-10-16;;/h2-4,7-8,12,14H,5-6,9-11,16-17H2,1H3,(H,18,19);2*1H. The van der Waals surface area contributed by atoms with Crippen LogP contribution in [0.25, 0.3) is 0 Å². The summed E-state index contributed by atoms with van der Waals surface area (Å²) < 4.78 is 0. The van der Waals surface area contributed by atoms with E-state index in [1.54, 1.807) is 0 Å². The fourth-order valence-corrected chi connectivity index (χ4v) is 2.01. The molecule has 0 saturated carbocycles. The first kappa shape index (κ1) is 22.5. The molecule has 0 aliphatic carbocycles. The highest BCUT2D eigenvalue weighted by Gasteiger charge is 2.15. The van der Waals surface area contributed by atoms with Gasteiger partial charge in [0.25, 0.3) is 0 Å². The third-order valence-corrected chi connectivity index (χ3v) is 3.08. The predicted octanol–water partition coefficient (Wildman–Crippen LogP) is 2.03. The Labute approximate surface area is 139 Å². The summed E-state index contributed by atoms with van der Waals surface area (Å²) in [4.78, 5) is 11.9. The van der Waals surface area contributed by atoms with E-state index in [2.05, 4.69) is 17.4 Å². The second-order valence-electron chi connectivity index (χ2n) is 4.99. The van der Waals surface area contributed by atoms with Crippen LogP contribution >= 0.6 is 24.8 Å². The monoisotopic (exact) mass is 335 g/mol. The first-order valence-corrected chi connectivity index (χ1v) is 6.93. The number of hydrogen-bond donors (Lipinski definition) is 3. The fraction of sp³-hybridized carbons (Fsp3) is 0.533. The first-order chi connectivity index (χ1) is 9.13. The number of carbonyl (C=O) groups is 1. The minimum absolute atomic E-state index is 0. The molecule has 5 N–H and O–H groups in total. The molecule has 0 fully saturated rings. The van der Waals surface area contributed by atoms with Crippen molar-refractivity contribution >= 4 is 30.7 Å². The van der Waals surface area contributed by atoms with Crippen LogP contribution in [-0.4, -0.2) is 24.5 Å². The molecule has 0 radical (unpaired) electrons. The van der Waals surface area contributed by atoms with E-state index >= 15 is 0 Å². The number of benzene rings is 1. The van der Waals surface area contributed by atoms with E-state index in [1.807, 2.05) is 25.1 Å². The Kier molecular flexibility index (Phi) is 13.8. The number of amides is 1. The van der Waals surface area contributed by atoms with Gasteiger partial charge in [-0.2, -0.15) is 0 Å². The van der Waals surface area contributed by atoms with Crippen molar-refractivity contribution in [3.8, 4) is 0 Å². The van der Waals surface area contributed by atoms with E-state index in [9.17, 15) is 4.79 Å². The molecule has 1 aromatic rings. The molecule has 6 heteroatoms. The van der Waals surface area contributed by atoms with Gasteiger partial charge >= 0.3 is 0 Å². The summed E-state index contributed by atoms with van der Waals surface area (Å²) in [6, 6.07) is 9.78. The lowest BCUT2D eigenvalue weighted by Crippen LogP contribution is -2.45. The summed E-state index contributed by atoms with van der Waals surface area (Å²) in [6.45, 7) is 2.65. The van der Waals surface area contributed by atoms with Gasteiger partial charge < -0.3 is 16.8 Å². The molecule has 2 atom stereocenters. The largest absolute Gasteiger partial charge is 0.352 e. The van der Waals surface area contributed by atoms with E-state index in [4.69, 9.17) is 11.5 Å². The molecule has 0 spiro atoms. The fourth-order valence-electron chi connectivity index (χ4n) is 2.01. The van der Waals surface area contributed by atoms with Crippen LogP contribution in [0.1, 0.15) is 31.7 Å². The molecule has 1 amide bonds. The Balaban J connectivity index is 0. The zero-order valence-electron chi connectivity index (χ0n) is 12.5. The highest BCUT2D eigenvalue weighted by Crippen LogP contribution is 2.04. The van der Waals surface area contributed by atoms with Gasteiger partial charge in [-0.1, -0.05) is 36.8 Å². The van der Waals surface area contributed by atoms with E-state index < -0.39 is 6.04 Å². The predicted molar refractivity (Wildman–Crippen MR) is 93.1 cm³/mol. The van der Waals surface area contributed by atoms with Gasteiger partial charge in [0.1, 0.15) is 0 Å². The van der Waals surface area contributed by atoms with Crippen LogP contribution in [-0.2, 0) is 11.2 Å². The Morgan fingerprint density at radius 3 is 2.38 bits per heavy atom. The lowest BCUT2D eigenvalue weighted by molar-refractivity contribution is -0.123. The molecule has 0 aliphatic rings. The molecule has 0 heterocycles. The molecule has 0 bridgehead atoms. The number of hydrogen-bond acceptors (Lipinski definition) is 3. The average molecular weight is 336 g/mol. The Morgan fingerprint density at radius 2 is 1.81 bits per heavy atom. The third kappa shape index (κ3) is 9.69. The van der Waals surface area contributed by atoms with Gasteiger partial charge in [0.15, 0.2) is 0 Å². The van der Waals surface area contributed by atoms with Crippen LogP contribution in [0.15, 0.2) is 30.3 Å². The lowest BCUT2D eigenvalue weighted by atomic mass is 10.1. The van der Waals surface area contributed by atoms with Gasteiger partial charge in [-0.25, -0.2) is 0 Å². The zero-order valence-corrected chi connectivity index (χ0v) is 14.1. The maximum Gasteiger partial charge on any atom is 0.237 e. The van der Waals surface area contributed by atoms with Crippen LogP contribution in [0, 0.1) is 0 Å². The molecule has 21 heavy (non-hydrogen) atoms. The van der Waals surface area contributed by atoms with Crippen molar-refractivity contribution < 1.29 is 4.79 Å². The topological polar surface area (TPSA) is 81.1 Å². The molecule has 0 aromatic heterocycles. The maximum absolute atomic E-state index is 11.9. The van der Waals surface area contributed by atoms with E-state index in [0.29, 0.717) is 13.0 Å². The molecule has 0 aliphatic heterocycles. The molecular weight excluding hydrogens is 309 g/mol. The van der Waals surface area contributed by atoms with Crippen LogP contribution in [0.4, 0.5) is 0 Å². The second-order valence-corrected chi connectivity index (χ2v) is 4.99. The van der Waals surface area contributed by atoms with Gasteiger partial charge in [-0.05, 0) is 38.3 Å². The normalized spacial score (nSPS) is 12.5. The van der Waals surface area contributed by atoms with Crippen molar-refractivity contribution in [1.29, 1.82) is 0 Å². The molecule has 2 unspecified atom stereocenters. The summed E-state index contributed by atoms with van der Waals surface area (Å²) in [6.07, 6.45) is 3.34. The third-order valence-electron chi connectivity index (χ3n) is 3.08. The number of carbonyl (C=O) groups excluding carboxylic acids is 1. The summed E-state index contributed by atoms with van der Waals surface area (Å²) >= 11 is 0. The first-order valence-electron chi connectivity index (χ1n) is 6.93. The minimum atomic E-state index is -0.426. The maximum atomic E-state index is 11.9. The van der Waals surface area contributed by atoms with Crippen molar-refractivity contribution in [1.82, 2.24) is 5.32 Å². The van der Waals surface area contributed by atoms with Gasteiger partial charge in [0.05, 0.1) is 6.04 Å². The number of unbranched alkanes of at least 4 members (excludes halogenated alkanes) is 1. The van der Waals surface area contributed by atoms with E-state index in [0.717, 1.165) is 19.3 Å².